The molecule has 1 aromatic rings. The first-order valence-corrected chi connectivity index (χ1v) is 6.08. The van der Waals surface area contributed by atoms with E-state index in [1.54, 1.807) is 11.1 Å². The molecule has 0 heterocycles. The average molecular weight is 203 g/mol. The predicted molar refractivity (Wildman–Crippen MR) is 65.0 cm³/mol. The lowest BCUT2D eigenvalue weighted by atomic mass is 9.80. The maximum Gasteiger partial charge on any atom is -0.00772 e. The summed E-state index contributed by atoms with van der Waals surface area (Å²) >= 11 is 0. The van der Waals surface area contributed by atoms with Crippen LogP contribution in [-0.2, 0) is 12.8 Å². The Morgan fingerprint density at radius 2 is 2.27 bits per heavy atom. The van der Waals surface area contributed by atoms with Gasteiger partial charge in [-0.25, -0.2) is 0 Å². The summed E-state index contributed by atoms with van der Waals surface area (Å²) in [6.07, 6.45) is 6.40. The lowest BCUT2D eigenvalue weighted by molar-refractivity contribution is 0.416. The first-order chi connectivity index (χ1) is 7.31. The van der Waals surface area contributed by atoms with E-state index >= 15 is 0 Å². The Kier molecular flexibility index (Phi) is 3.42. The van der Waals surface area contributed by atoms with Gasteiger partial charge in [-0.3, -0.25) is 0 Å². The highest BCUT2D eigenvalue weighted by Crippen LogP contribution is 2.30. The minimum absolute atomic E-state index is 0.844. The lowest BCUT2D eigenvalue weighted by Crippen LogP contribution is -2.16. The molecule has 0 spiro atoms. The first kappa shape index (κ1) is 10.7. The van der Waals surface area contributed by atoms with Gasteiger partial charge < -0.3 is 5.73 Å². The average Bonchev–Trinajstić information content (AvgIpc) is 2.27. The van der Waals surface area contributed by atoms with E-state index in [9.17, 15) is 0 Å². The van der Waals surface area contributed by atoms with E-state index in [4.69, 9.17) is 5.73 Å². The Bertz CT molecular complexity index is 330. The van der Waals surface area contributed by atoms with Crippen molar-refractivity contribution >= 4 is 0 Å². The Morgan fingerprint density at radius 3 is 3.07 bits per heavy atom. The van der Waals surface area contributed by atoms with Crippen LogP contribution < -0.4 is 5.73 Å². The Labute approximate surface area is 92.7 Å². The normalized spacial score (nSPS) is 20.0. The Hall–Kier alpha value is -0.820. The lowest BCUT2D eigenvalue weighted by Gasteiger charge is -2.25. The number of aryl methyl sites for hydroxylation is 2. The van der Waals surface area contributed by atoms with Crippen molar-refractivity contribution in [3.8, 4) is 0 Å². The summed E-state index contributed by atoms with van der Waals surface area (Å²) in [5.41, 5.74) is 10.2. The maximum absolute atomic E-state index is 5.57. The predicted octanol–water partition coefficient (Wildman–Crippen LogP) is 2.84. The molecule has 1 nitrogen and oxygen atoms in total. The zero-order chi connectivity index (χ0) is 10.7. The molecule has 0 aliphatic heterocycles. The van der Waals surface area contributed by atoms with Gasteiger partial charge in [-0.15, -0.1) is 0 Å². The van der Waals surface area contributed by atoms with Crippen LogP contribution in [-0.4, -0.2) is 6.54 Å². The monoisotopic (exact) mass is 203 g/mol. The molecule has 15 heavy (non-hydrogen) atoms. The molecule has 2 N–H and O–H groups in total. The fourth-order valence-electron chi connectivity index (χ4n) is 2.69. The Morgan fingerprint density at radius 1 is 1.40 bits per heavy atom. The molecular formula is C14H21N. The molecule has 0 bridgehead atoms. The maximum atomic E-state index is 5.57. The molecule has 0 fully saturated rings. The molecule has 1 heteroatoms. The van der Waals surface area contributed by atoms with Crippen molar-refractivity contribution in [1.29, 1.82) is 0 Å². The zero-order valence-electron chi connectivity index (χ0n) is 9.63. The third kappa shape index (κ3) is 2.40. The summed E-state index contributed by atoms with van der Waals surface area (Å²) in [4.78, 5) is 0. The molecule has 0 radical (unpaired) electrons. The van der Waals surface area contributed by atoms with Crippen molar-refractivity contribution in [2.24, 2.45) is 11.7 Å². The summed E-state index contributed by atoms with van der Waals surface area (Å²) in [6.45, 7) is 3.08. The van der Waals surface area contributed by atoms with Gasteiger partial charge >= 0.3 is 0 Å². The summed E-state index contributed by atoms with van der Waals surface area (Å²) in [5, 5.41) is 0. The molecule has 1 aliphatic rings. The van der Waals surface area contributed by atoms with E-state index in [0.29, 0.717) is 0 Å². The quantitative estimate of drug-likeness (QED) is 0.803. The van der Waals surface area contributed by atoms with Crippen molar-refractivity contribution in [2.45, 2.75) is 39.0 Å². The number of rotatable bonds is 3. The fraction of sp³-hybridized carbons (Fsp3) is 0.571. The molecule has 1 aliphatic carbocycles. The number of hydrogen-bond donors (Lipinski definition) is 1. The second-order valence-corrected chi connectivity index (χ2v) is 4.75. The van der Waals surface area contributed by atoms with Crippen molar-refractivity contribution in [1.82, 2.24) is 0 Å². The van der Waals surface area contributed by atoms with Crippen molar-refractivity contribution in [2.75, 3.05) is 6.54 Å². The van der Waals surface area contributed by atoms with Gasteiger partial charge in [0.05, 0.1) is 0 Å². The minimum atomic E-state index is 0.844. The molecule has 1 atom stereocenters. The van der Waals surface area contributed by atoms with Crippen LogP contribution in [0.5, 0.6) is 0 Å². The summed E-state index contributed by atoms with van der Waals surface area (Å²) in [6, 6.07) is 6.72. The molecule has 0 saturated heterocycles. The number of benzene rings is 1. The van der Waals surface area contributed by atoms with Crippen LogP contribution in [0.3, 0.4) is 0 Å². The van der Waals surface area contributed by atoms with Crippen molar-refractivity contribution in [3.05, 3.63) is 34.9 Å². The van der Waals surface area contributed by atoms with Gasteiger partial charge in [-0.2, -0.15) is 0 Å². The van der Waals surface area contributed by atoms with Crippen LogP contribution in [0.2, 0.25) is 0 Å². The highest BCUT2D eigenvalue weighted by atomic mass is 14.5. The number of fused-ring (bicyclic) bond motifs is 1. The highest BCUT2D eigenvalue weighted by molar-refractivity contribution is 5.36. The second-order valence-electron chi connectivity index (χ2n) is 4.75. The van der Waals surface area contributed by atoms with E-state index in [-0.39, 0.29) is 0 Å². The van der Waals surface area contributed by atoms with Crippen LogP contribution >= 0.6 is 0 Å². The van der Waals surface area contributed by atoms with Crippen molar-refractivity contribution in [3.63, 3.8) is 0 Å². The zero-order valence-corrected chi connectivity index (χ0v) is 9.63. The van der Waals surface area contributed by atoms with E-state index < -0.39 is 0 Å². The van der Waals surface area contributed by atoms with Crippen molar-refractivity contribution < 1.29 is 0 Å². The summed E-state index contributed by atoms with van der Waals surface area (Å²) in [7, 11) is 0. The molecule has 1 unspecified atom stereocenters. The molecule has 2 rings (SSSR count). The molecule has 82 valence electrons. The Balaban J connectivity index is 2.08. The van der Waals surface area contributed by atoms with E-state index in [1.807, 2.05) is 0 Å². The topological polar surface area (TPSA) is 26.0 Å². The largest absolute Gasteiger partial charge is 0.330 e. The standard InChI is InChI=1S/C14H21N/c1-11-4-2-6-13-8-7-12(5-3-9-15)10-14(11)13/h2,4,6,12H,3,5,7-10,15H2,1H3. The SMILES string of the molecule is Cc1cccc2c1CC(CCCN)CC2. The van der Waals surface area contributed by atoms with Gasteiger partial charge in [0, 0.05) is 0 Å². The van der Waals surface area contributed by atoms with E-state index in [2.05, 4.69) is 25.1 Å². The molecule has 0 aromatic heterocycles. The van der Waals surface area contributed by atoms with Gasteiger partial charge in [0.1, 0.15) is 0 Å². The molecule has 1 aromatic carbocycles. The first-order valence-electron chi connectivity index (χ1n) is 6.08. The van der Waals surface area contributed by atoms with Gasteiger partial charge in [-0.05, 0) is 68.2 Å². The summed E-state index contributed by atoms with van der Waals surface area (Å²) in [5.74, 6) is 0.877. The molecular weight excluding hydrogens is 182 g/mol. The molecule has 0 amide bonds. The van der Waals surface area contributed by atoms with Gasteiger partial charge in [-0.1, -0.05) is 18.2 Å². The van der Waals surface area contributed by atoms with E-state index in [1.165, 1.54) is 37.7 Å². The minimum Gasteiger partial charge on any atom is -0.330 e. The summed E-state index contributed by atoms with van der Waals surface area (Å²) < 4.78 is 0. The molecule has 0 saturated carbocycles. The van der Waals surface area contributed by atoms with E-state index in [0.717, 1.165) is 12.5 Å². The van der Waals surface area contributed by atoms with Gasteiger partial charge in [0.15, 0.2) is 0 Å². The third-order valence-corrected chi connectivity index (χ3v) is 3.64. The van der Waals surface area contributed by atoms with Gasteiger partial charge in [0.25, 0.3) is 0 Å². The smallest absolute Gasteiger partial charge is 0.00772 e. The second kappa shape index (κ2) is 4.80. The fourth-order valence-corrected chi connectivity index (χ4v) is 2.69. The van der Waals surface area contributed by atoms with Crippen LogP contribution in [0, 0.1) is 12.8 Å². The van der Waals surface area contributed by atoms with Crippen LogP contribution in [0.25, 0.3) is 0 Å². The van der Waals surface area contributed by atoms with Crippen LogP contribution in [0.4, 0.5) is 0 Å². The van der Waals surface area contributed by atoms with Crippen LogP contribution in [0.15, 0.2) is 18.2 Å². The van der Waals surface area contributed by atoms with Crippen LogP contribution in [0.1, 0.15) is 36.0 Å². The number of nitrogens with two attached hydrogens (primary N) is 1. The highest BCUT2D eigenvalue weighted by Gasteiger charge is 2.18. The third-order valence-electron chi connectivity index (χ3n) is 3.64. The number of hydrogen-bond acceptors (Lipinski definition) is 1. The van der Waals surface area contributed by atoms with Gasteiger partial charge in [0.2, 0.25) is 0 Å².